The normalized spacial score (nSPS) is 17.2. The van der Waals surface area contributed by atoms with Gasteiger partial charge in [-0.25, -0.2) is 0 Å². The summed E-state index contributed by atoms with van der Waals surface area (Å²) in [4.78, 5) is 31.6. The molecule has 1 aliphatic rings. The largest absolute Gasteiger partial charge is 0.507 e. The van der Waals surface area contributed by atoms with Gasteiger partial charge in [0.2, 0.25) is 0 Å². The molecule has 3 aromatic carbocycles. The molecule has 1 amide bonds. The van der Waals surface area contributed by atoms with Crippen molar-refractivity contribution in [3.63, 3.8) is 0 Å². The summed E-state index contributed by atoms with van der Waals surface area (Å²) < 4.78 is 5.77. The molecule has 1 unspecified atom stereocenters. The van der Waals surface area contributed by atoms with Crippen LogP contribution < -0.4 is 9.64 Å². The Morgan fingerprint density at radius 3 is 2.50 bits per heavy atom. The summed E-state index contributed by atoms with van der Waals surface area (Å²) in [5.41, 5.74) is 4.62. The number of ketones is 1. The summed E-state index contributed by atoms with van der Waals surface area (Å²) in [5.74, 6) is -0.868. The molecule has 0 radical (unpaired) electrons. The van der Waals surface area contributed by atoms with E-state index in [4.69, 9.17) is 4.74 Å². The molecule has 1 fully saturated rings. The van der Waals surface area contributed by atoms with Crippen molar-refractivity contribution in [3.05, 3.63) is 101 Å². The Labute approximate surface area is 209 Å². The Morgan fingerprint density at radius 1 is 1.03 bits per heavy atom. The minimum absolute atomic E-state index is 0.0620. The van der Waals surface area contributed by atoms with Gasteiger partial charge < -0.3 is 14.8 Å². The zero-order valence-electron chi connectivity index (χ0n) is 20.5. The quantitative estimate of drug-likeness (QED) is 0.196. The van der Waals surface area contributed by atoms with E-state index in [0.29, 0.717) is 17.9 Å². The van der Waals surface area contributed by atoms with Gasteiger partial charge in [-0.2, -0.15) is 0 Å². The molecular formula is C30H28N2O4. The van der Waals surface area contributed by atoms with Crippen molar-refractivity contribution in [2.45, 2.75) is 33.2 Å². The number of carbonyl (C=O) groups excluding carboxylic acids is 2. The number of aromatic nitrogens is 1. The Bertz CT molecular complexity index is 1500. The van der Waals surface area contributed by atoms with E-state index in [-0.39, 0.29) is 11.3 Å². The van der Waals surface area contributed by atoms with Crippen molar-refractivity contribution < 1.29 is 19.4 Å². The van der Waals surface area contributed by atoms with Crippen LogP contribution in [0.25, 0.3) is 16.7 Å². The number of nitrogens with one attached hydrogen (secondary N) is 1. The topological polar surface area (TPSA) is 82.6 Å². The summed E-state index contributed by atoms with van der Waals surface area (Å²) in [6, 6.07) is 19.7. The van der Waals surface area contributed by atoms with Crippen LogP contribution in [0.5, 0.6) is 5.75 Å². The average molecular weight is 481 g/mol. The maximum Gasteiger partial charge on any atom is 0.300 e. The van der Waals surface area contributed by atoms with Gasteiger partial charge in [0.15, 0.2) is 0 Å². The van der Waals surface area contributed by atoms with E-state index >= 15 is 0 Å². The second kappa shape index (κ2) is 9.38. The zero-order chi connectivity index (χ0) is 25.4. The van der Waals surface area contributed by atoms with E-state index < -0.39 is 17.7 Å². The Kier molecular flexibility index (Phi) is 6.10. The number of hydrogen-bond donors (Lipinski definition) is 2. The molecule has 36 heavy (non-hydrogen) atoms. The third-order valence-electron chi connectivity index (χ3n) is 6.58. The van der Waals surface area contributed by atoms with Crippen molar-refractivity contribution >= 4 is 34.0 Å². The van der Waals surface area contributed by atoms with Gasteiger partial charge in [0, 0.05) is 33.9 Å². The highest BCUT2D eigenvalue weighted by Crippen LogP contribution is 2.44. The highest BCUT2D eigenvalue weighted by atomic mass is 16.5. The number of rotatable bonds is 6. The molecule has 1 aliphatic heterocycles. The van der Waals surface area contributed by atoms with Crippen LogP contribution >= 0.6 is 0 Å². The summed E-state index contributed by atoms with van der Waals surface area (Å²) in [6.45, 7) is 6.48. The Hall–Kier alpha value is -4.32. The number of aryl methyl sites for hydroxylation is 2. The molecule has 1 atom stereocenters. The minimum Gasteiger partial charge on any atom is -0.507 e. The SMILES string of the molecule is CCCOc1ccc(/C(O)=C2\C(=O)C(=O)N(c3ccc(C)cc3)C2c2c[nH]c3ccccc23)cc1C. The molecule has 6 nitrogen and oxygen atoms in total. The number of amides is 1. The number of H-pyrrole nitrogens is 1. The molecule has 1 saturated heterocycles. The van der Waals surface area contributed by atoms with E-state index in [1.165, 1.54) is 4.90 Å². The zero-order valence-corrected chi connectivity index (χ0v) is 20.5. The van der Waals surface area contributed by atoms with Crippen LogP contribution in [0.2, 0.25) is 0 Å². The van der Waals surface area contributed by atoms with Gasteiger partial charge in [0.1, 0.15) is 11.5 Å². The van der Waals surface area contributed by atoms with Crippen LogP contribution in [0, 0.1) is 13.8 Å². The molecule has 1 aromatic heterocycles. The molecule has 0 bridgehead atoms. The Balaban J connectivity index is 1.70. The average Bonchev–Trinajstić information content (AvgIpc) is 3.42. The summed E-state index contributed by atoms with van der Waals surface area (Å²) >= 11 is 0. The lowest BCUT2D eigenvalue weighted by atomic mass is 9.94. The van der Waals surface area contributed by atoms with Gasteiger partial charge in [-0.05, 0) is 62.2 Å². The highest BCUT2D eigenvalue weighted by molar-refractivity contribution is 6.51. The van der Waals surface area contributed by atoms with Gasteiger partial charge in [0.05, 0.1) is 18.2 Å². The fourth-order valence-electron chi connectivity index (χ4n) is 4.74. The second-order valence-electron chi connectivity index (χ2n) is 9.12. The molecule has 5 rings (SSSR count). The van der Waals surface area contributed by atoms with Gasteiger partial charge >= 0.3 is 0 Å². The number of hydrogen-bond acceptors (Lipinski definition) is 4. The molecule has 0 saturated carbocycles. The smallest absolute Gasteiger partial charge is 0.300 e. The van der Waals surface area contributed by atoms with E-state index in [0.717, 1.165) is 39.8 Å². The molecule has 2 N–H and O–H groups in total. The molecule has 2 heterocycles. The first-order valence-electron chi connectivity index (χ1n) is 12.1. The first-order valence-corrected chi connectivity index (χ1v) is 12.1. The van der Waals surface area contributed by atoms with Gasteiger partial charge in [-0.15, -0.1) is 0 Å². The summed E-state index contributed by atoms with van der Waals surface area (Å²) in [5, 5.41) is 12.4. The fraction of sp³-hybridized carbons (Fsp3) is 0.200. The maximum absolute atomic E-state index is 13.5. The number of fused-ring (bicyclic) bond motifs is 1. The fourth-order valence-corrected chi connectivity index (χ4v) is 4.74. The molecule has 0 spiro atoms. The number of aliphatic hydroxyl groups excluding tert-OH is 1. The van der Waals surface area contributed by atoms with Crippen LogP contribution in [0.4, 0.5) is 5.69 Å². The molecule has 182 valence electrons. The van der Waals surface area contributed by atoms with Crippen molar-refractivity contribution in [2.75, 3.05) is 11.5 Å². The van der Waals surface area contributed by atoms with Crippen molar-refractivity contribution in [3.8, 4) is 5.75 Å². The molecule has 0 aliphatic carbocycles. The predicted octanol–water partition coefficient (Wildman–Crippen LogP) is 6.20. The first-order chi connectivity index (χ1) is 17.4. The monoisotopic (exact) mass is 480 g/mol. The number of aromatic amines is 1. The number of benzene rings is 3. The van der Waals surface area contributed by atoms with E-state index in [1.807, 2.05) is 75.5 Å². The minimum atomic E-state index is -0.791. The molecule has 4 aromatic rings. The van der Waals surface area contributed by atoms with E-state index in [9.17, 15) is 14.7 Å². The number of carbonyl (C=O) groups is 2. The third kappa shape index (κ3) is 3.94. The van der Waals surface area contributed by atoms with Crippen molar-refractivity contribution in [2.24, 2.45) is 0 Å². The maximum atomic E-state index is 13.5. The lowest BCUT2D eigenvalue weighted by Gasteiger charge is -2.25. The van der Waals surface area contributed by atoms with Crippen LogP contribution in [0.15, 0.2) is 78.5 Å². The summed E-state index contributed by atoms with van der Waals surface area (Å²) in [7, 11) is 0. The van der Waals surface area contributed by atoms with E-state index in [2.05, 4.69) is 4.98 Å². The van der Waals surface area contributed by atoms with Crippen molar-refractivity contribution in [1.29, 1.82) is 0 Å². The van der Waals surface area contributed by atoms with Crippen molar-refractivity contribution in [1.82, 2.24) is 4.98 Å². The van der Waals surface area contributed by atoms with Gasteiger partial charge in [0.25, 0.3) is 11.7 Å². The number of para-hydroxylation sites is 1. The van der Waals surface area contributed by atoms with Gasteiger partial charge in [-0.3, -0.25) is 14.5 Å². The van der Waals surface area contributed by atoms with Crippen LogP contribution in [0.3, 0.4) is 0 Å². The summed E-state index contributed by atoms with van der Waals surface area (Å²) in [6.07, 6.45) is 2.69. The Morgan fingerprint density at radius 2 is 1.78 bits per heavy atom. The predicted molar refractivity (Wildman–Crippen MR) is 141 cm³/mol. The third-order valence-corrected chi connectivity index (χ3v) is 6.58. The molecule has 6 heteroatoms. The lowest BCUT2D eigenvalue weighted by molar-refractivity contribution is -0.132. The number of nitrogens with zero attached hydrogens (tertiary/aromatic N) is 1. The highest BCUT2D eigenvalue weighted by Gasteiger charge is 2.47. The van der Waals surface area contributed by atoms with E-state index in [1.54, 1.807) is 18.2 Å². The number of aliphatic hydroxyl groups is 1. The van der Waals surface area contributed by atoms with Crippen LogP contribution in [-0.2, 0) is 9.59 Å². The standard InChI is InChI=1S/C30H28N2O4/c1-4-15-36-25-14-11-20(16-19(25)3)28(33)26-27(23-17-31-24-8-6-5-7-22(23)24)32(30(35)29(26)34)21-12-9-18(2)10-13-21/h5-14,16-17,27,31,33H,4,15H2,1-3H3/b28-26+. The molecular weight excluding hydrogens is 452 g/mol. The number of ether oxygens (including phenoxy) is 1. The lowest BCUT2D eigenvalue weighted by Crippen LogP contribution is -2.29. The van der Waals surface area contributed by atoms with Crippen LogP contribution in [-0.4, -0.2) is 28.4 Å². The number of Topliss-reactive ketones (excluding diaryl/α,β-unsaturated/α-hetero) is 1. The van der Waals surface area contributed by atoms with Gasteiger partial charge in [-0.1, -0.05) is 42.8 Å². The van der Waals surface area contributed by atoms with Crippen LogP contribution in [0.1, 0.15) is 41.6 Å². The number of anilines is 1. The second-order valence-corrected chi connectivity index (χ2v) is 9.12. The first kappa shape index (κ1) is 23.4.